The molecule has 0 aromatic heterocycles. The van der Waals surface area contributed by atoms with Gasteiger partial charge in [-0.25, -0.2) is 0 Å². The molecular weight excluding hydrogens is 682 g/mol. The molecule has 0 bridgehead atoms. The molecule has 4 rings (SSSR count). The smallest absolute Gasteiger partial charge is 0.251 e. The standard InChI is InChI=1S/C36H44ClN5O9/c1-25(38)42-31-8-7-29(23-30(31)35(41-24-34(42)39)26-2-5-28(37)6-3-26)51-21-20-50-19-18-49-17-16-48-15-14-47-13-12-46-11-10-40-36(45)27-4-9-32(43)33(44)22-27/h2-9,22-23,38-39,43-44H,10-21,24H2,1H3,(H,40,45). The van der Waals surface area contributed by atoms with Crippen LogP contribution in [0.25, 0.3) is 0 Å². The predicted molar refractivity (Wildman–Crippen MR) is 194 cm³/mol. The number of phenolic OH excluding ortho intramolecular Hbond substituents is 2. The summed E-state index contributed by atoms with van der Waals surface area (Å²) in [6.45, 7) is 6.34. The molecule has 0 unspecified atom stereocenters. The highest BCUT2D eigenvalue weighted by atomic mass is 35.5. The number of aliphatic imine (C=N–C) groups is 1. The molecule has 0 atom stereocenters. The van der Waals surface area contributed by atoms with E-state index in [1.165, 1.54) is 18.2 Å². The number of carbonyl (C=O) groups is 1. The lowest BCUT2D eigenvalue weighted by Crippen LogP contribution is -2.35. The van der Waals surface area contributed by atoms with Gasteiger partial charge >= 0.3 is 0 Å². The molecule has 3 aromatic rings. The van der Waals surface area contributed by atoms with Crippen LogP contribution in [0.4, 0.5) is 5.69 Å². The average Bonchev–Trinajstić information content (AvgIpc) is 3.26. The number of carbonyl (C=O) groups excluding carboxylic acids is 1. The Hall–Kier alpha value is -4.57. The van der Waals surface area contributed by atoms with Crippen LogP contribution in [0, 0.1) is 10.8 Å². The van der Waals surface area contributed by atoms with Crippen LogP contribution in [0.2, 0.25) is 5.02 Å². The summed E-state index contributed by atoms with van der Waals surface area (Å²) in [6, 6.07) is 16.8. The van der Waals surface area contributed by atoms with Crippen LogP contribution in [0.3, 0.4) is 0 Å². The first-order valence-electron chi connectivity index (χ1n) is 16.4. The number of amides is 1. The largest absolute Gasteiger partial charge is 0.504 e. The van der Waals surface area contributed by atoms with Gasteiger partial charge in [-0.1, -0.05) is 23.7 Å². The van der Waals surface area contributed by atoms with Gasteiger partial charge in [-0.15, -0.1) is 0 Å². The zero-order chi connectivity index (χ0) is 36.4. The Balaban J connectivity index is 1.01. The van der Waals surface area contributed by atoms with Crippen molar-refractivity contribution in [3.8, 4) is 17.2 Å². The molecule has 0 radical (unpaired) electrons. The van der Waals surface area contributed by atoms with Gasteiger partial charge in [0.25, 0.3) is 5.91 Å². The van der Waals surface area contributed by atoms with Crippen molar-refractivity contribution in [3.63, 3.8) is 0 Å². The zero-order valence-electron chi connectivity index (χ0n) is 28.5. The first kappa shape index (κ1) is 39.2. The number of halogens is 1. The molecule has 14 nitrogen and oxygen atoms in total. The van der Waals surface area contributed by atoms with Gasteiger partial charge in [0.05, 0.1) is 84.0 Å². The third-order valence-corrected chi connectivity index (χ3v) is 7.58. The third kappa shape index (κ3) is 12.6. The molecule has 5 N–H and O–H groups in total. The molecule has 1 aliphatic rings. The third-order valence-electron chi connectivity index (χ3n) is 7.33. The van der Waals surface area contributed by atoms with E-state index >= 15 is 0 Å². The maximum atomic E-state index is 12.0. The van der Waals surface area contributed by atoms with Crippen LogP contribution in [0.1, 0.15) is 28.4 Å². The number of benzene rings is 3. The summed E-state index contributed by atoms with van der Waals surface area (Å²) in [5.74, 6) is 0.0541. The number of nitrogens with one attached hydrogen (secondary N) is 3. The Bertz CT molecular complexity index is 1640. The number of hydrogen-bond donors (Lipinski definition) is 5. The van der Waals surface area contributed by atoms with E-state index in [-0.39, 0.29) is 41.2 Å². The number of aromatic hydroxyl groups is 2. The van der Waals surface area contributed by atoms with Crippen molar-refractivity contribution in [1.82, 2.24) is 5.32 Å². The lowest BCUT2D eigenvalue weighted by Gasteiger charge is -2.24. The van der Waals surface area contributed by atoms with E-state index in [2.05, 4.69) is 5.32 Å². The van der Waals surface area contributed by atoms with E-state index in [9.17, 15) is 15.0 Å². The molecule has 0 fully saturated rings. The van der Waals surface area contributed by atoms with E-state index in [4.69, 9.17) is 55.8 Å². The van der Waals surface area contributed by atoms with Gasteiger partial charge in [0, 0.05) is 28.3 Å². The molecule has 0 saturated carbocycles. The summed E-state index contributed by atoms with van der Waals surface area (Å²) in [7, 11) is 0. The van der Waals surface area contributed by atoms with Crippen LogP contribution in [0.15, 0.2) is 65.7 Å². The lowest BCUT2D eigenvalue weighted by molar-refractivity contribution is -0.0124. The second-order valence-corrected chi connectivity index (χ2v) is 11.5. The minimum absolute atomic E-state index is 0.137. The van der Waals surface area contributed by atoms with Crippen molar-refractivity contribution in [3.05, 3.63) is 82.4 Å². The Labute approximate surface area is 301 Å². The molecule has 3 aromatic carbocycles. The SMILES string of the molecule is CC(=N)N1C(=N)CN=C(c2ccc(Cl)cc2)c2cc(OCCOCCOCCOCCOCCOCCNC(=O)c3ccc(O)c(O)c3)ccc21. The normalized spacial score (nSPS) is 12.6. The quantitative estimate of drug-likeness (QED) is 0.0459. The molecule has 0 saturated heterocycles. The minimum atomic E-state index is -0.375. The van der Waals surface area contributed by atoms with Crippen molar-refractivity contribution in [2.24, 2.45) is 4.99 Å². The second kappa shape index (κ2) is 20.9. The maximum absolute atomic E-state index is 12.0. The number of benzodiazepines with no additional fused rings is 1. The van der Waals surface area contributed by atoms with Gasteiger partial charge in [-0.2, -0.15) is 0 Å². The fourth-order valence-electron chi connectivity index (χ4n) is 4.89. The van der Waals surface area contributed by atoms with Gasteiger partial charge < -0.3 is 44.0 Å². The van der Waals surface area contributed by atoms with Crippen molar-refractivity contribution >= 4 is 40.6 Å². The Morgan fingerprint density at radius 2 is 1.39 bits per heavy atom. The first-order chi connectivity index (χ1) is 24.7. The predicted octanol–water partition coefficient (Wildman–Crippen LogP) is 4.27. The van der Waals surface area contributed by atoms with E-state index in [0.29, 0.717) is 101 Å². The summed E-state index contributed by atoms with van der Waals surface area (Å²) in [5.41, 5.74) is 3.24. The van der Waals surface area contributed by atoms with Crippen LogP contribution < -0.4 is 15.0 Å². The number of amidine groups is 2. The van der Waals surface area contributed by atoms with Crippen molar-refractivity contribution in [2.75, 3.05) is 90.7 Å². The molecule has 1 heterocycles. The van der Waals surface area contributed by atoms with Crippen molar-refractivity contribution in [2.45, 2.75) is 6.92 Å². The Morgan fingerprint density at radius 3 is 1.98 bits per heavy atom. The monoisotopic (exact) mass is 725 g/mol. The van der Waals surface area contributed by atoms with E-state index < -0.39 is 0 Å². The highest BCUT2D eigenvalue weighted by Gasteiger charge is 2.25. The van der Waals surface area contributed by atoms with Gasteiger partial charge in [-0.3, -0.25) is 25.5 Å². The summed E-state index contributed by atoms with van der Waals surface area (Å²) in [6.07, 6.45) is 0. The second-order valence-electron chi connectivity index (χ2n) is 11.1. The molecule has 0 spiro atoms. The highest BCUT2D eigenvalue weighted by molar-refractivity contribution is 6.31. The lowest BCUT2D eigenvalue weighted by atomic mass is 9.99. The minimum Gasteiger partial charge on any atom is -0.504 e. The number of ether oxygens (including phenoxy) is 6. The first-order valence-corrected chi connectivity index (χ1v) is 16.8. The van der Waals surface area contributed by atoms with Gasteiger partial charge in [0.2, 0.25) is 0 Å². The average molecular weight is 726 g/mol. The van der Waals surface area contributed by atoms with E-state index in [1.807, 2.05) is 30.3 Å². The topological polar surface area (TPSA) is 188 Å². The van der Waals surface area contributed by atoms with E-state index in [1.54, 1.807) is 24.0 Å². The summed E-state index contributed by atoms with van der Waals surface area (Å²) in [5, 5.41) is 38.8. The summed E-state index contributed by atoms with van der Waals surface area (Å²) >= 11 is 6.10. The van der Waals surface area contributed by atoms with Crippen molar-refractivity contribution in [1.29, 1.82) is 10.8 Å². The van der Waals surface area contributed by atoms with Crippen LogP contribution >= 0.6 is 11.6 Å². The highest BCUT2D eigenvalue weighted by Crippen LogP contribution is 2.31. The van der Waals surface area contributed by atoms with E-state index in [0.717, 1.165) is 11.1 Å². The van der Waals surface area contributed by atoms with Gasteiger partial charge in [-0.05, 0) is 55.5 Å². The van der Waals surface area contributed by atoms with Crippen molar-refractivity contribution < 1.29 is 43.4 Å². The molecule has 1 aliphatic heterocycles. The molecule has 51 heavy (non-hydrogen) atoms. The Morgan fingerprint density at radius 1 is 0.804 bits per heavy atom. The zero-order valence-corrected chi connectivity index (χ0v) is 29.2. The van der Waals surface area contributed by atoms with Crippen LogP contribution in [0.5, 0.6) is 17.2 Å². The number of fused-ring (bicyclic) bond motifs is 1. The fourth-order valence-corrected chi connectivity index (χ4v) is 5.01. The number of hydrogen-bond acceptors (Lipinski definition) is 12. The van der Waals surface area contributed by atoms with Crippen LogP contribution in [-0.4, -0.2) is 119 Å². The number of anilines is 1. The summed E-state index contributed by atoms with van der Waals surface area (Å²) in [4.78, 5) is 18.3. The van der Waals surface area contributed by atoms with Gasteiger partial charge in [0.15, 0.2) is 11.5 Å². The molecule has 15 heteroatoms. The van der Waals surface area contributed by atoms with Crippen LogP contribution in [-0.2, 0) is 23.7 Å². The number of rotatable bonds is 21. The molecule has 274 valence electrons. The molecule has 1 amide bonds. The van der Waals surface area contributed by atoms with Gasteiger partial charge in [0.1, 0.15) is 24.0 Å². The number of nitrogens with zero attached hydrogens (tertiary/aromatic N) is 2. The molecule has 0 aliphatic carbocycles. The summed E-state index contributed by atoms with van der Waals surface area (Å²) < 4.78 is 33.5. The Kier molecular flexibility index (Phi) is 16.1. The maximum Gasteiger partial charge on any atom is 0.251 e. The number of phenols is 2. The fraction of sp³-hybridized carbons (Fsp3) is 0.389. The molecular formula is C36H44ClN5O9.